The van der Waals surface area contributed by atoms with E-state index < -0.39 is 10.0 Å². The fourth-order valence-electron chi connectivity index (χ4n) is 3.35. The zero-order valence-corrected chi connectivity index (χ0v) is 11.5. The van der Waals surface area contributed by atoms with Crippen molar-refractivity contribution in [2.24, 2.45) is 5.41 Å². The maximum Gasteiger partial charge on any atom is 0.208 e. The van der Waals surface area contributed by atoms with E-state index >= 15 is 0 Å². The van der Waals surface area contributed by atoms with Crippen molar-refractivity contribution in [3.8, 4) is 0 Å². The molecular weight excluding hydrogens is 236 g/mol. The molecule has 2 rings (SSSR count). The molecular formula is C12H24N2O2S. The molecule has 1 unspecified atom stereocenters. The van der Waals surface area contributed by atoms with Crippen LogP contribution in [0.25, 0.3) is 0 Å². The Morgan fingerprint density at radius 2 is 1.82 bits per heavy atom. The van der Waals surface area contributed by atoms with Crippen molar-refractivity contribution < 1.29 is 8.42 Å². The molecule has 0 aliphatic heterocycles. The first-order chi connectivity index (χ1) is 8.02. The molecule has 4 nitrogen and oxygen atoms in total. The Balaban J connectivity index is 1.69. The van der Waals surface area contributed by atoms with Gasteiger partial charge >= 0.3 is 0 Å². The average molecular weight is 260 g/mol. The number of nitrogens with one attached hydrogen (secondary N) is 2. The monoisotopic (exact) mass is 260 g/mol. The molecule has 2 saturated carbocycles. The topological polar surface area (TPSA) is 58.2 Å². The van der Waals surface area contributed by atoms with Crippen LogP contribution >= 0.6 is 0 Å². The summed E-state index contributed by atoms with van der Waals surface area (Å²) in [6.45, 7) is 1.25. The zero-order chi connectivity index (χ0) is 12.4. The van der Waals surface area contributed by atoms with Gasteiger partial charge in [-0.2, -0.15) is 0 Å². The maximum absolute atomic E-state index is 10.9. The summed E-state index contributed by atoms with van der Waals surface area (Å²) >= 11 is 0. The molecule has 0 heterocycles. The molecule has 1 atom stereocenters. The van der Waals surface area contributed by atoms with Gasteiger partial charge in [-0.25, -0.2) is 13.1 Å². The van der Waals surface area contributed by atoms with E-state index in [9.17, 15) is 8.42 Å². The van der Waals surface area contributed by atoms with Gasteiger partial charge in [0.25, 0.3) is 0 Å². The van der Waals surface area contributed by atoms with Gasteiger partial charge in [0.1, 0.15) is 0 Å². The van der Waals surface area contributed by atoms with E-state index in [1.807, 2.05) is 0 Å². The van der Waals surface area contributed by atoms with Crippen molar-refractivity contribution in [1.82, 2.24) is 10.0 Å². The lowest BCUT2D eigenvalue weighted by Gasteiger charge is -2.52. The standard InChI is InChI=1S/C12H24N2O2S/c1-17(15,16)14-10-9-13-11-5-8-12(11)6-3-2-4-7-12/h11,13-14H,2-10H2,1H3. The molecule has 0 aromatic carbocycles. The summed E-state index contributed by atoms with van der Waals surface area (Å²) in [6.07, 6.45) is 10.7. The van der Waals surface area contributed by atoms with Crippen LogP contribution in [0.3, 0.4) is 0 Å². The molecule has 0 amide bonds. The Kier molecular flexibility index (Phi) is 4.10. The van der Waals surface area contributed by atoms with Gasteiger partial charge in [0.05, 0.1) is 6.26 Å². The molecule has 100 valence electrons. The van der Waals surface area contributed by atoms with E-state index in [2.05, 4.69) is 10.0 Å². The van der Waals surface area contributed by atoms with Crippen molar-refractivity contribution in [3.63, 3.8) is 0 Å². The van der Waals surface area contributed by atoms with Crippen LogP contribution in [0.1, 0.15) is 44.9 Å². The second kappa shape index (κ2) is 5.24. The molecule has 0 bridgehead atoms. The normalized spacial score (nSPS) is 27.9. The van der Waals surface area contributed by atoms with Gasteiger partial charge < -0.3 is 5.32 Å². The third-order valence-corrected chi connectivity index (χ3v) is 5.13. The fourth-order valence-corrected chi connectivity index (χ4v) is 3.83. The number of rotatable bonds is 5. The van der Waals surface area contributed by atoms with Crippen LogP contribution in [0.4, 0.5) is 0 Å². The molecule has 0 saturated heterocycles. The first-order valence-electron chi connectivity index (χ1n) is 6.70. The first kappa shape index (κ1) is 13.3. The molecule has 2 fully saturated rings. The van der Waals surface area contributed by atoms with Crippen LogP contribution in [-0.4, -0.2) is 33.8 Å². The second-order valence-electron chi connectivity index (χ2n) is 5.63. The van der Waals surface area contributed by atoms with E-state index in [0.717, 1.165) is 6.54 Å². The fraction of sp³-hybridized carbons (Fsp3) is 1.00. The predicted octanol–water partition coefficient (Wildman–Crippen LogP) is 1.24. The quantitative estimate of drug-likeness (QED) is 0.731. The minimum atomic E-state index is -3.03. The van der Waals surface area contributed by atoms with Crippen LogP contribution < -0.4 is 10.0 Å². The zero-order valence-electron chi connectivity index (χ0n) is 10.7. The molecule has 2 N–H and O–H groups in total. The lowest BCUT2D eigenvalue weighted by molar-refractivity contribution is 0.0238. The van der Waals surface area contributed by atoms with Crippen molar-refractivity contribution in [2.75, 3.05) is 19.3 Å². The van der Waals surface area contributed by atoms with E-state index in [-0.39, 0.29) is 0 Å². The first-order valence-corrected chi connectivity index (χ1v) is 8.59. The Bertz CT molecular complexity index is 348. The van der Waals surface area contributed by atoms with Crippen LogP contribution in [0.2, 0.25) is 0 Å². The highest BCUT2D eigenvalue weighted by molar-refractivity contribution is 7.88. The molecule has 0 aromatic rings. The lowest BCUT2D eigenvalue weighted by atomic mass is 9.57. The SMILES string of the molecule is CS(=O)(=O)NCCNC1CCC12CCCCC2. The Morgan fingerprint density at radius 3 is 2.35 bits per heavy atom. The highest BCUT2D eigenvalue weighted by Gasteiger charge is 2.46. The van der Waals surface area contributed by atoms with Crippen LogP contribution in [0.15, 0.2) is 0 Å². The second-order valence-corrected chi connectivity index (χ2v) is 7.47. The van der Waals surface area contributed by atoms with Crippen LogP contribution in [0.5, 0.6) is 0 Å². The average Bonchev–Trinajstić information content (AvgIpc) is 2.27. The van der Waals surface area contributed by atoms with E-state index in [4.69, 9.17) is 0 Å². The summed E-state index contributed by atoms with van der Waals surface area (Å²) < 4.78 is 24.4. The van der Waals surface area contributed by atoms with Crippen molar-refractivity contribution in [2.45, 2.75) is 51.0 Å². The van der Waals surface area contributed by atoms with Gasteiger partial charge in [0, 0.05) is 19.1 Å². The van der Waals surface area contributed by atoms with Crippen LogP contribution in [0, 0.1) is 5.41 Å². The molecule has 0 aromatic heterocycles. The highest BCUT2D eigenvalue weighted by Crippen LogP contribution is 2.51. The van der Waals surface area contributed by atoms with Crippen molar-refractivity contribution >= 4 is 10.0 Å². The molecule has 2 aliphatic rings. The van der Waals surface area contributed by atoms with Gasteiger partial charge in [-0.15, -0.1) is 0 Å². The molecule has 5 heteroatoms. The molecule has 2 aliphatic carbocycles. The minimum Gasteiger partial charge on any atom is -0.312 e. The summed E-state index contributed by atoms with van der Waals surface area (Å²) in [6, 6.07) is 0.629. The third-order valence-electron chi connectivity index (χ3n) is 4.40. The van der Waals surface area contributed by atoms with Crippen molar-refractivity contribution in [3.05, 3.63) is 0 Å². The van der Waals surface area contributed by atoms with Gasteiger partial charge in [0.15, 0.2) is 0 Å². The lowest BCUT2D eigenvalue weighted by Crippen LogP contribution is -2.55. The summed E-state index contributed by atoms with van der Waals surface area (Å²) in [5.74, 6) is 0. The van der Waals surface area contributed by atoms with E-state index in [0.29, 0.717) is 18.0 Å². The smallest absolute Gasteiger partial charge is 0.208 e. The highest BCUT2D eigenvalue weighted by atomic mass is 32.2. The molecule has 1 spiro atoms. The number of sulfonamides is 1. The molecule has 17 heavy (non-hydrogen) atoms. The van der Waals surface area contributed by atoms with Gasteiger partial charge in [-0.05, 0) is 31.1 Å². The minimum absolute atomic E-state index is 0.505. The summed E-state index contributed by atoms with van der Waals surface area (Å²) in [4.78, 5) is 0. The van der Waals surface area contributed by atoms with E-state index in [1.54, 1.807) is 0 Å². The van der Waals surface area contributed by atoms with E-state index in [1.165, 1.54) is 51.2 Å². The summed E-state index contributed by atoms with van der Waals surface area (Å²) in [5.41, 5.74) is 0.559. The molecule has 0 radical (unpaired) electrons. The van der Waals surface area contributed by atoms with Crippen molar-refractivity contribution in [1.29, 1.82) is 0 Å². The largest absolute Gasteiger partial charge is 0.312 e. The third kappa shape index (κ3) is 3.42. The predicted molar refractivity (Wildman–Crippen MR) is 69.4 cm³/mol. The Morgan fingerprint density at radius 1 is 1.12 bits per heavy atom. The summed E-state index contributed by atoms with van der Waals surface area (Å²) in [5, 5.41) is 3.53. The number of hydrogen-bond acceptors (Lipinski definition) is 3. The van der Waals surface area contributed by atoms with Crippen LogP contribution in [-0.2, 0) is 10.0 Å². The van der Waals surface area contributed by atoms with Gasteiger partial charge in [-0.3, -0.25) is 0 Å². The Labute approximate surface area is 105 Å². The summed E-state index contributed by atoms with van der Waals surface area (Å²) in [7, 11) is -3.03. The maximum atomic E-state index is 10.9. The number of hydrogen-bond donors (Lipinski definition) is 2. The van der Waals surface area contributed by atoms with Gasteiger partial charge in [-0.1, -0.05) is 19.3 Å². The van der Waals surface area contributed by atoms with Gasteiger partial charge in [0.2, 0.25) is 10.0 Å². The Hall–Kier alpha value is -0.130.